The third kappa shape index (κ3) is 6.26. The highest BCUT2D eigenvalue weighted by atomic mass is 16.7. The van der Waals surface area contributed by atoms with Gasteiger partial charge in [0.1, 0.15) is 56.1 Å². The first-order valence-electron chi connectivity index (χ1n) is 18.8. The standard InChI is InChI=1S/C41H58O16/c1-32(2)35(5,47)38(8,50)40(10,52)41(11,56-32)54-18-16-34(4)37(7,49)39(9,51)36(6,48)33(3,57-34)15-12-17-53-31-29(46)28-26(45)20-23(42)21-27(28)55-30(31)22-13-14-24(43)25(44)19-22/h13-14,19-21,42-45,47-52H,12,15-18H2,1-11H3. The van der Waals surface area contributed by atoms with Crippen molar-refractivity contribution in [3.8, 4) is 40.1 Å². The Bertz CT molecular complexity index is 2100. The van der Waals surface area contributed by atoms with Crippen LogP contribution in [0.1, 0.15) is 95.4 Å². The number of hydrogen-bond acceptors (Lipinski definition) is 16. The molecule has 1 aromatic heterocycles. The van der Waals surface area contributed by atoms with Gasteiger partial charge in [0, 0.05) is 24.1 Å². The second-order valence-electron chi connectivity index (χ2n) is 17.7. The Morgan fingerprint density at radius 1 is 0.596 bits per heavy atom. The largest absolute Gasteiger partial charge is 0.508 e. The summed E-state index contributed by atoms with van der Waals surface area (Å²) >= 11 is 0. The van der Waals surface area contributed by atoms with E-state index in [1.54, 1.807) is 20.8 Å². The summed E-state index contributed by atoms with van der Waals surface area (Å²) in [6.45, 7) is 14.9. The second-order valence-corrected chi connectivity index (χ2v) is 17.7. The first kappa shape index (κ1) is 44.4. The molecule has 9 unspecified atom stereocenters. The molecule has 0 spiro atoms. The molecule has 0 amide bonds. The van der Waals surface area contributed by atoms with E-state index in [2.05, 4.69) is 0 Å². The van der Waals surface area contributed by atoms with Crippen LogP contribution in [0.3, 0.4) is 0 Å². The van der Waals surface area contributed by atoms with E-state index >= 15 is 0 Å². The molecule has 0 saturated carbocycles. The Morgan fingerprint density at radius 3 is 1.74 bits per heavy atom. The summed E-state index contributed by atoms with van der Waals surface area (Å²) in [7, 11) is 0. The zero-order valence-electron chi connectivity index (χ0n) is 34.3. The summed E-state index contributed by atoms with van der Waals surface area (Å²) in [5, 5.41) is 111. The Morgan fingerprint density at radius 2 is 1.16 bits per heavy atom. The Balaban J connectivity index is 1.41. The molecule has 2 aliphatic rings. The van der Waals surface area contributed by atoms with Gasteiger partial charge in [0.15, 0.2) is 23.0 Å². The topological polar surface area (TPSA) is 269 Å². The van der Waals surface area contributed by atoms with Crippen molar-refractivity contribution in [2.75, 3.05) is 13.2 Å². The van der Waals surface area contributed by atoms with Crippen LogP contribution in [0.2, 0.25) is 0 Å². The minimum absolute atomic E-state index is 0.0300. The van der Waals surface area contributed by atoms with Crippen molar-refractivity contribution in [2.45, 2.75) is 152 Å². The van der Waals surface area contributed by atoms with Crippen molar-refractivity contribution >= 4 is 11.0 Å². The molecule has 0 bridgehead atoms. The first-order chi connectivity index (χ1) is 25.7. The normalized spacial score (nSPS) is 39.3. The van der Waals surface area contributed by atoms with E-state index < -0.39 is 78.9 Å². The number of hydrogen-bond donors (Lipinski definition) is 10. The molecule has 318 valence electrons. The van der Waals surface area contributed by atoms with Crippen LogP contribution in [-0.4, -0.2) is 120 Å². The highest BCUT2D eigenvalue weighted by Gasteiger charge is 2.75. The van der Waals surface area contributed by atoms with Crippen LogP contribution in [0.4, 0.5) is 0 Å². The van der Waals surface area contributed by atoms with Crippen molar-refractivity contribution in [3.63, 3.8) is 0 Å². The highest BCUT2D eigenvalue weighted by molar-refractivity contribution is 5.88. The van der Waals surface area contributed by atoms with Gasteiger partial charge >= 0.3 is 0 Å². The number of fused-ring (bicyclic) bond motifs is 1. The van der Waals surface area contributed by atoms with Crippen molar-refractivity contribution in [3.05, 3.63) is 40.6 Å². The first-order valence-corrected chi connectivity index (χ1v) is 18.8. The van der Waals surface area contributed by atoms with Crippen LogP contribution in [0.15, 0.2) is 39.5 Å². The molecule has 2 aromatic carbocycles. The van der Waals surface area contributed by atoms with Crippen molar-refractivity contribution in [1.82, 2.24) is 0 Å². The molecule has 2 aliphatic heterocycles. The fourth-order valence-electron chi connectivity index (χ4n) is 8.42. The number of phenolic OH excluding ortho intramolecular Hbond substituents is 4. The lowest BCUT2D eigenvalue weighted by Gasteiger charge is -2.66. The molecule has 3 heterocycles. The van der Waals surface area contributed by atoms with Gasteiger partial charge in [-0.25, -0.2) is 0 Å². The second kappa shape index (κ2) is 13.4. The van der Waals surface area contributed by atoms with Gasteiger partial charge in [0.05, 0.1) is 30.0 Å². The molecular formula is C41H58O16. The summed E-state index contributed by atoms with van der Waals surface area (Å²) in [6, 6.07) is 5.74. The fourth-order valence-corrected chi connectivity index (χ4v) is 8.42. The molecule has 10 N–H and O–H groups in total. The van der Waals surface area contributed by atoms with Gasteiger partial charge in [-0.2, -0.15) is 0 Å². The molecule has 2 fully saturated rings. The monoisotopic (exact) mass is 806 g/mol. The van der Waals surface area contributed by atoms with Gasteiger partial charge in [-0.3, -0.25) is 4.79 Å². The van der Waals surface area contributed by atoms with Crippen molar-refractivity contribution in [2.24, 2.45) is 0 Å². The summed E-state index contributed by atoms with van der Waals surface area (Å²) < 4.78 is 30.8. The van der Waals surface area contributed by atoms with Crippen LogP contribution in [0, 0.1) is 0 Å². The average Bonchev–Trinajstić information content (AvgIpc) is 3.06. The van der Waals surface area contributed by atoms with Crippen LogP contribution in [0.5, 0.6) is 28.7 Å². The third-order valence-electron chi connectivity index (χ3n) is 14.0. The molecule has 5 rings (SSSR count). The fraction of sp³-hybridized carbons (Fsp3) is 0.634. The van der Waals surface area contributed by atoms with E-state index in [1.165, 1.54) is 67.5 Å². The van der Waals surface area contributed by atoms with Crippen LogP contribution >= 0.6 is 0 Å². The number of ether oxygens (including phenoxy) is 4. The predicted octanol–water partition coefficient (Wildman–Crippen LogP) is 3.43. The molecule has 16 heteroatoms. The summed E-state index contributed by atoms with van der Waals surface area (Å²) in [6.07, 6.45) is -0.111. The minimum atomic E-state index is -2.24. The van der Waals surface area contributed by atoms with E-state index in [0.29, 0.717) is 0 Å². The van der Waals surface area contributed by atoms with E-state index in [-0.39, 0.29) is 66.3 Å². The van der Waals surface area contributed by atoms with Crippen LogP contribution in [-0.2, 0) is 14.2 Å². The van der Waals surface area contributed by atoms with Gasteiger partial charge in [-0.15, -0.1) is 0 Å². The number of phenols is 4. The molecule has 57 heavy (non-hydrogen) atoms. The maximum absolute atomic E-state index is 13.8. The van der Waals surface area contributed by atoms with Gasteiger partial charge in [0.2, 0.25) is 11.2 Å². The van der Waals surface area contributed by atoms with Gasteiger partial charge in [0.25, 0.3) is 0 Å². The lowest BCUT2D eigenvalue weighted by molar-refractivity contribution is -0.454. The van der Waals surface area contributed by atoms with Crippen LogP contribution in [0.25, 0.3) is 22.3 Å². The van der Waals surface area contributed by atoms with Crippen LogP contribution < -0.4 is 10.2 Å². The summed E-state index contributed by atoms with van der Waals surface area (Å²) in [5.41, 5.74) is -18.3. The number of aliphatic hydroxyl groups is 6. The Labute approximate surface area is 330 Å². The zero-order chi connectivity index (χ0) is 43.4. The number of rotatable bonds is 10. The molecule has 3 aromatic rings. The number of aromatic hydroxyl groups is 4. The van der Waals surface area contributed by atoms with E-state index in [4.69, 9.17) is 23.4 Å². The predicted molar refractivity (Wildman–Crippen MR) is 205 cm³/mol. The summed E-state index contributed by atoms with van der Waals surface area (Å²) in [4.78, 5) is 13.8. The molecule has 16 nitrogen and oxygen atoms in total. The number of benzene rings is 2. The quantitative estimate of drug-likeness (QED) is 0.104. The van der Waals surface area contributed by atoms with Gasteiger partial charge in [-0.05, 0) is 107 Å². The SMILES string of the molecule is CC1(C)OC(C)(OCCC2(C)OC(C)(CCCOc3c(-c4ccc(O)c(O)c4)oc4cc(O)cc(O)c4c3=O)C(C)(O)C(C)(O)C2(C)O)C(C)(O)C(C)(O)C1(C)O. The van der Waals surface area contributed by atoms with E-state index in [1.807, 2.05) is 0 Å². The maximum Gasteiger partial charge on any atom is 0.239 e. The molecule has 9 atom stereocenters. The average molecular weight is 807 g/mol. The minimum Gasteiger partial charge on any atom is -0.508 e. The Hall–Kier alpha value is -3.71. The summed E-state index contributed by atoms with van der Waals surface area (Å²) in [5.74, 6) is -4.37. The van der Waals surface area contributed by atoms with Gasteiger partial charge < -0.3 is 74.4 Å². The lowest BCUT2D eigenvalue weighted by atomic mass is 9.57. The van der Waals surface area contributed by atoms with E-state index in [9.17, 15) is 55.9 Å². The lowest BCUT2D eigenvalue weighted by Crippen LogP contribution is -2.84. The molecule has 2 saturated heterocycles. The van der Waals surface area contributed by atoms with E-state index in [0.717, 1.165) is 18.2 Å². The Kier molecular flexibility index (Phi) is 10.4. The maximum atomic E-state index is 13.8. The molecule has 0 radical (unpaired) electrons. The zero-order valence-corrected chi connectivity index (χ0v) is 34.3. The van der Waals surface area contributed by atoms with Crippen molar-refractivity contribution < 1.29 is 74.4 Å². The molecular weight excluding hydrogens is 748 g/mol. The highest BCUT2D eigenvalue weighted by Crippen LogP contribution is 2.57. The smallest absolute Gasteiger partial charge is 0.239 e. The third-order valence-corrected chi connectivity index (χ3v) is 14.0. The van der Waals surface area contributed by atoms with Crippen molar-refractivity contribution in [1.29, 1.82) is 0 Å². The molecule has 0 aliphatic carbocycles. The van der Waals surface area contributed by atoms with Gasteiger partial charge in [-0.1, -0.05) is 0 Å².